The van der Waals surface area contributed by atoms with Crippen molar-refractivity contribution < 1.29 is 34.3 Å². The molecule has 250 valence electrons. The molecule has 0 saturated carbocycles. The lowest BCUT2D eigenvalue weighted by molar-refractivity contribution is -0.254. The maximum atomic E-state index is 11.1. The highest BCUT2D eigenvalue weighted by atomic mass is 16.7. The number of benzene rings is 2. The molecule has 0 aromatic heterocycles. The summed E-state index contributed by atoms with van der Waals surface area (Å²) in [6, 6.07) is 14.0. The fourth-order valence-corrected chi connectivity index (χ4v) is 6.49. The van der Waals surface area contributed by atoms with Gasteiger partial charge in [-0.05, 0) is 69.9 Å². The van der Waals surface area contributed by atoms with Crippen LogP contribution in [0.25, 0.3) is 0 Å². The van der Waals surface area contributed by atoms with Crippen LogP contribution in [0.5, 0.6) is 11.5 Å². The van der Waals surface area contributed by atoms with Gasteiger partial charge in [0, 0.05) is 24.0 Å². The summed E-state index contributed by atoms with van der Waals surface area (Å²) in [6.07, 6.45) is 9.27. The first kappa shape index (κ1) is 35.3. The average molecular weight is 628 g/mol. The van der Waals surface area contributed by atoms with Crippen molar-refractivity contribution in [2.75, 3.05) is 0 Å². The van der Waals surface area contributed by atoms with Crippen molar-refractivity contribution in [3.05, 3.63) is 64.6 Å². The second-order valence-corrected chi connectivity index (χ2v) is 12.7. The number of nitrogens with zero attached hydrogens (tertiary/aromatic N) is 1. The van der Waals surface area contributed by atoms with Gasteiger partial charge in [-0.2, -0.15) is 4.91 Å². The van der Waals surface area contributed by atoms with Crippen LogP contribution >= 0.6 is 0 Å². The molecule has 0 aliphatic carbocycles. The van der Waals surface area contributed by atoms with E-state index in [-0.39, 0.29) is 42.0 Å². The molecule has 3 N–H and O–H groups in total. The summed E-state index contributed by atoms with van der Waals surface area (Å²) >= 11 is 0. The molecule has 2 aliphatic heterocycles. The second kappa shape index (κ2) is 18.6. The quantitative estimate of drug-likeness (QED) is 0.111. The van der Waals surface area contributed by atoms with Gasteiger partial charge < -0.3 is 34.3 Å². The van der Waals surface area contributed by atoms with Crippen LogP contribution in [-0.2, 0) is 18.9 Å². The van der Waals surface area contributed by atoms with Crippen LogP contribution in [0.2, 0.25) is 0 Å². The summed E-state index contributed by atoms with van der Waals surface area (Å²) in [5.74, 6) is 0.290. The zero-order valence-electron chi connectivity index (χ0n) is 27.0. The minimum Gasteiger partial charge on any atom is -0.507 e. The molecule has 0 spiro atoms. The lowest BCUT2D eigenvalue weighted by Crippen LogP contribution is -2.36. The molecular weight excluding hydrogens is 574 g/mol. The lowest BCUT2D eigenvalue weighted by Gasteiger charge is -2.37. The number of ether oxygens (including phenoxy) is 4. The van der Waals surface area contributed by atoms with E-state index in [1.165, 1.54) is 0 Å². The van der Waals surface area contributed by atoms with E-state index in [4.69, 9.17) is 18.9 Å². The molecular formula is C36H53NO8. The fourth-order valence-electron chi connectivity index (χ4n) is 6.49. The first-order valence-electron chi connectivity index (χ1n) is 17.1. The maximum Gasteiger partial charge on any atom is 0.188 e. The van der Waals surface area contributed by atoms with Crippen LogP contribution in [-0.4, -0.2) is 51.9 Å². The number of rotatable bonds is 18. The normalized spacial score (nSPS) is 26.7. The van der Waals surface area contributed by atoms with Crippen molar-refractivity contribution in [3.63, 3.8) is 0 Å². The summed E-state index contributed by atoms with van der Waals surface area (Å²) < 4.78 is 25.1. The van der Waals surface area contributed by atoms with Crippen LogP contribution in [0.4, 0.5) is 0 Å². The van der Waals surface area contributed by atoms with Crippen molar-refractivity contribution in [2.24, 2.45) is 5.18 Å². The van der Waals surface area contributed by atoms with Crippen LogP contribution in [0.1, 0.15) is 127 Å². The maximum absolute atomic E-state index is 11.1. The first-order chi connectivity index (χ1) is 21.9. The number of hydrogen-bond acceptors (Lipinski definition) is 9. The van der Waals surface area contributed by atoms with E-state index in [9.17, 15) is 20.2 Å². The monoisotopic (exact) mass is 627 g/mol. The molecule has 45 heavy (non-hydrogen) atoms. The smallest absolute Gasteiger partial charge is 0.188 e. The number of nitroso groups, excluding NO2 is 1. The Morgan fingerprint density at radius 2 is 1.20 bits per heavy atom. The number of para-hydroxylation sites is 2. The Labute approximate surface area is 268 Å². The predicted molar refractivity (Wildman–Crippen MR) is 173 cm³/mol. The Hall–Kier alpha value is -2.56. The van der Waals surface area contributed by atoms with Crippen LogP contribution in [0.15, 0.2) is 53.7 Å². The molecule has 0 bridgehead atoms. The van der Waals surface area contributed by atoms with Crippen molar-refractivity contribution in [2.45, 2.75) is 153 Å². The molecule has 2 heterocycles. The van der Waals surface area contributed by atoms with Crippen molar-refractivity contribution in [1.29, 1.82) is 0 Å². The molecule has 2 aromatic carbocycles. The van der Waals surface area contributed by atoms with Gasteiger partial charge in [-0.1, -0.05) is 74.7 Å². The molecule has 8 unspecified atom stereocenters. The van der Waals surface area contributed by atoms with Gasteiger partial charge in [0.1, 0.15) is 11.5 Å². The third-order valence-corrected chi connectivity index (χ3v) is 9.11. The fraction of sp³-hybridized carbons (Fsp3) is 0.667. The van der Waals surface area contributed by atoms with Gasteiger partial charge in [-0.3, -0.25) is 0 Å². The number of phenols is 2. The highest BCUT2D eigenvalue weighted by Crippen LogP contribution is 2.39. The van der Waals surface area contributed by atoms with Gasteiger partial charge in [0.15, 0.2) is 12.6 Å². The Morgan fingerprint density at radius 1 is 0.711 bits per heavy atom. The van der Waals surface area contributed by atoms with E-state index in [0.717, 1.165) is 77.0 Å². The van der Waals surface area contributed by atoms with Crippen molar-refractivity contribution >= 4 is 0 Å². The highest BCUT2D eigenvalue weighted by molar-refractivity contribution is 5.33. The SMILES string of the molecule is CCCCCC1CC(CC(O)CCCC2CC(CCCC(CC)N=O)OC(c3ccccc3O)O2)OC(c2ccccc2O)O1. The summed E-state index contributed by atoms with van der Waals surface area (Å²) in [5.41, 5.74) is 1.23. The minimum absolute atomic E-state index is 0.0148. The third kappa shape index (κ3) is 11.0. The van der Waals surface area contributed by atoms with Gasteiger partial charge in [0.05, 0.1) is 36.6 Å². The minimum atomic E-state index is -0.669. The van der Waals surface area contributed by atoms with E-state index in [2.05, 4.69) is 12.1 Å². The third-order valence-electron chi connectivity index (χ3n) is 9.11. The number of aliphatic hydroxyl groups excluding tert-OH is 1. The number of aromatic hydroxyl groups is 2. The molecule has 2 aromatic rings. The summed E-state index contributed by atoms with van der Waals surface area (Å²) in [4.78, 5) is 11.0. The van der Waals surface area contributed by atoms with E-state index >= 15 is 0 Å². The lowest BCUT2D eigenvalue weighted by atomic mass is 9.95. The van der Waals surface area contributed by atoms with Crippen LogP contribution in [0.3, 0.4) is 0 Å². The van der Waals surface area contributed by atoms with Gasteiger partial charge >= 0.3 is 0 Å². The largest absolute Gasteiger partial charge is 0.507 e. The molecule has 8 atom stereocenters. The molecule has 9 nitrogen and oxygen atoms in total. The molecule has 4 rings (SSSR count). The zero-order valence-corrected chi connectivity index (χ0v) is 27.0. The van der Waals surface area contributed by atoms with E-state index in [0.29, 0.717) is 24.0 Å². The number of hydrogen-bond donors (Lipinski definition) is 3. The number of phenolic OH excluding ortho intramolecular Hbond substituents is 2. The topological polar surface area (TPSA) is 127 Å². The van der Waals surface area contributed by atoms with Gasteiger partial charge in [-0.15, -0.1) is 0 Å². The average Bonchev–Trinajstić information content (AvgIpc) is 3.03. The molecule has 0 amide bonds. The Kier molecular flexibility index (Phi) is 14.6. The van der Waals surface area contributed by atoms with Crippen LogP contribution < -0.4 is 0 Å². The predicted octanol–water partition coefficient (Wildman–Crippen LogP) is 8.36. The van der Waals surface area contributed by atoms with E-state index in [1.54, 1.807) is 24.3 Å². The first-order valence-corrected chi connectivity index (χ1v) is 17.1. The second-order valence-electron chi connectivity index (χ2n) is 12.7. The molecule has 9 heteroatoms. The molecule has 2 fully saturated rings. The summed E-state index contributed by atoms with van der Waals surface area (Å²) in [6.45, 7) is 4.16. The van der Waals surface area contributed by atoms with Crippen LogP contribution in [0, 0.1) is 4.91 Å². The van der Waals surface area contributed by atoms with Gasteiger partial charge in [0.25, 0.3) is 0 Å². The summed E-state index contributed by atoms with van der Waals surface area (Å²) in [5, 5.41) is 35.2. The van der Waals surface area contributed by atoms with Crippen molar-refractivity contribution in [3.8, 4) is 11.5 Å². The van der Waals surface area contributed by atoms with E-state index < -0.39 is 18.7 Å². The Balaban J connectivity index is 1.31. The Morgan fingerprint density at radius 3 is 1.71 bits per heavy atom. The Bertz CT molecular complexity index is 1150. The summed E-state index contributed by atoms with van der Waals surface area (Å²) in [7, 11) is 0. The van der Waals surface area contributed by atoms with Gasteiger partial charge in [0.2, 0.25) is 0 Å². The number of aliphatic hydroxyl groups is 1. The molecule has 2 saturated heterocycles. The molecule has 0 radical (unpaired) electrons. The van der Waals surface area contributed by atoms with Gasteiger partial charge in [-0.25, -0.2) is 0 Å². The van der Waals surface area contributed by atoms with Crippen molar-refractivity contribution in [1.82, 2.24) is 0 Å². The van der Waals surface area contributed by atoms with E-state index in [1.807, 2.05) is 31.2 Å². The number of unbranched alkanes of at least 4 members (excludes halogenated alkanes) is 2. The highest BCUT2D eigenvalue weighted by Gasteiger charge is 2.34. The molecule has 2 aliphatic rings. The standard InChI is InChI=1S/C36H53NO8/c1-3-5-6-15-27-24-30(45-36(42-27)32-19-8-10-21-34(32)40)22-26(38)14-12-17-29-23-28(16-11-13-25(4-2)37-41)43-35(44-29)31-18-7-9-20-33(31)39/h7-10,18-21,25-30,35-36,38-40H,3-6,11-17,22-24H2,1-2H3. The zero-order chi connectivity index (χ0) is 32.0.